The van der Waals surface area contributed by atoms with Gasteiger partial charge in [0.1, 0.15) is 10.6 Å². The Balaban J connectivity index is 1.25. The van der Waals surface area contributed by atoms with E-state index in [1.54, 1.807) is 11.7 Å². The Hall–Kier alpha value is -1.96. The lowest BCUT2D eigenvalue weighted by Gasteiger charge is -2.32. The Kier molecular flexibility index (Phi) is 6.57. The third-order valence-corrected chi connectivity index (χ3v) is 6.13. The van der Waals surface area contributed by atoms with E-state index in [0.29, 0.717) is 12.5 Å². The first kappa shape index (κ1) is 19.4. The van der Waals surface area contributed by atoms with Crippen molar-refractivity contribution in [2.24, 2.45) is 5.92 Å². The van der Waals surface area contributed by atoms with Gasteiger partial charge < -0.3 is 14.4 Å². The molecule has 2 aliphatic rings. The largest absolute Gasteiger partial charge is 0.493 e. The van der Waals surface area contributed by atoms with Crippen LogP contribution in [0, 0.1) is 5.92 Å². The minimum Gasteiger partial charge on any atom is -0.493 e. The van der Waals surface area contributed by atoms with E-state index in [1.807, 2.05) is 4.90 Å². The number of carbonyl (C=O) groups excluding carboxylic acids is 1. The summed E-state index contributed by atoms with van der Waals surface area (Å²) >= 11 is 1.41. The Bertz CT molecular complexity index is 745. The van der Waals surface area contributed by atoms with Crippen molar-refractivity contribution in [1.82, 2.24) is 14.8 Å². The minimum absolute atomic E-state index is 0.0969. The van der Waals surface area contributed by atoms with Crippen molar-refractivity contribution in [3.05, 3.63) is 46.4 Å². The quantitative estimate of drug-likeness (QED) is 0.745. The van der Waals surface area contributed by atoms with Crippen LogP contribution < -0.4 is 4.74 Å². The summed E-state index contributed by atoms with van der Waals surface area (Å²) in [5.41, 5.74) is 3.01. The summed E-state index contributed by atoms with van der Waals surface area (Å²) in [6.07, 6.45) is 3.78. The average molecular weight is 402 g/mol. The van der Waals surface area contributed by atoms with E-state index in [4.69, 9.17) is 9.47 Å². The number of morpholine rings is 1. The van der Waals surface area contributed by atoms with Crippen molar-refractivity contribution in [3.8, 4) is 5.75 Å². The van der Waals surface area contributed by atoms with Crippen LogP contribution in [0.15, 0.2) is 36.0 Å². The van der Waals surface area contributed by atoms with Gasteiger partial charge in [-0.25, -0.2) is 0 Å². The van der Waals surface area contributed by atoms with Crippen LogP contribution in [0.3, 0.4) is 0 Å². The molecule has 1 unspecified atom stereocenters. The highest BCUT2D eigenvalue weighted by Gasteiger charge is 2.25. The van der Waals surface area contributed by atoms with Crippen molar-refractivity contribution in [1.29, 1.82) is 0 Å². The lowest BCUT2D eigenvalue weighted by Crippen LogP contribution is -2.41. The Labute approximate surface area is 170 Å². The molecule has 3 heterocycles. The van der Waals surface area contributed by atoms with Crippen LogP contribution in [-0.2, 0) is 11.3 Å². The lowest BCUT2D eigenvalue weighted by atomic mass is 9.99. The molecule has 1 atom stereocenters. The fourth-order valence-corrected chi connectivity index (χ4v) is 4.37. The molecule has 0 spiro atoms. The van der Waals surface area contributed by atoms with Gasteiger partial charge in [-0.05, 0) is 30.5 Å². The topological polar surface area (TPSA) is 54.9 Å². The van der Waals surface area contributed by atoms with Gasteiger partial charge in [-0.3, -0.25) is 14.7 Å². The van der Waals surface area contributed by atoms with Crippen LogP contribution in [0.25, 0.3) is 0 Å². The van der Waals surface area contributed by atoms with Gasteiger partial charge in [0.2, 0.25) is 0 Å². The molecule has 1 aromatic heterocycles. The number of aromatic nitrogens is 1. The smallest absolute Gasteiger partial charge is 0.265 e. The summed E-state index contributed by atoms with van der Waals surface area (Å²) < 4.78 is 11.4. The zero-order valence-electron chi connectivity index (χ0n) is 16.1. The van der Waals surface area contributed by atoms with E-state index in [1.165, 1.54) is 16.9 Å². The molecule has 28 heavy (non-hydrogen) atoms. The second kappa shape index (κ2) is 9.49. The number of hydrogen-bond acceptors (Lipinski definition) is 6. The van der Waals surface area contributed by atoms with Crippen molar-refractivity contribution in [3.63, 3.8) is 0 Å². The number of carbonyl (C=O) groups is 1. The van der Waals surface area contributed by atoms with Gasteiger partial charge in [-0.2, -0.15) is 0 Å². The molecule has 0 N–H and O–H groups in total. The summed E-state index contributed by atoms with van der Waals surface area (Å²) in [4.78, 5) is 21.6. The van der Waals surface area contributed by atoms with Gasteiger partial charge in [-0.1, -0.05) is 12.1 Å². The molecule has 2 aromatic rings. The molecular weight excluding hydrogens is 374 g/mol. The predicted molar refractivity (Wildman–Crippen MR) is 109 cm³/mol. The predicted octanol–water partition coefficient (Wildman–Crippen LogP) is 2.91. The maximum Gasteiger partial charge on any atom is 0.265 e. The monoisotopic (exact) mass is 401 g/mol. The summed E-state index contributed by atoms with van der Waals surface area (Å²) in [5, 5.41) is 0. The maximum absolute atomic E-state index is 12.5. The van der Waals surface area contributed by atoms with Crippen LogP contribution in [0.4, 0.5) is 0 Å². The molecule has 0 aliphatic carbocycles. The highest BCUT2D eigenvalue weighted by atomic mass is 32.1. The molecule has 0 radical (unpaired) electrons. The number of thiazole rings is 1. The summed E-state index contributed by atoms with van der Waals surface area (Å²) in [6.45, 7) is 6.83. The maximum atomic E-state index is 12.5. The number of amides is 1. The summed E-state index contributed by atoms with van der Waals surface area (Å²) in [6, 6.07) is 8.40. The molecule has 0 saturated carbocycles. The number of likely N-dealkylation sites (tertiary alicyclic amines) is 1. The molecule has 6 nitrogen and oxygen atoms in total. The van der Waals surface area contributed by atoms with Gasteiger partial charge in [0.25, 0.3) is 5.91 Å². The van der Waals surface area contributed by atoms with E-state index in [9.17, 15) is 4.79 Å². The normalized spacial score (nSPS) is 20.9. The molecule has 4 rings (SSSR count). The Morgan fingerprint density at radius 3 is 2.79 bits per heavy atom. The third kappa shape index (κ3) is 5.10. The SMILES string of the molecule is O=C(c1cncs1)N1CCCC(COc2ccc(CN3CCOCC3)cc2)C1. The third-order valence-electron chi connectivity index (χ3n) is 5.37. The number of hydrogen-bond donors (Lipinski definition) is 0. The lowest BCUT2D eigenvalue weighted by molar-refractivity contribution is 0.0342. The van der Waals surface area contributed by atoms with Crippen LogP contribution in [0.2, 0.25) is 0 Å². The van der Waals surface area contributed by atoms with Crippen molar-refractivity contribution >= 4 is 17.2 Å². The molecule has 2 saturated heterocycles. The van der Waals surface area contributed by atoms with Crippen LogP contribution in [0.5, 0.6) is 5.75 Å². The zero-order chi connectivity index (χ0) is 19.2. The standard InChI is InChI=1S/C21H27N3O3S/c25-21(20-12-22-16-28-20)24-7-1-2-18(14-24)15-27-19-5-3-17(4-6-19)13-23-8-10-26-11-9-23/h3-6,12,16,18H,1-2,7-11,13-15H2. The second-order valence-electron chi connectivity index (χ2n) is 7.47. The van der Waals surface area contributed by atoms with Crippen molar-refractivity contribution in [2.45, 2.75) is 19.4 Å². The Morgan fingerprint density at radius 2 is 2.04 bits per heavy atom. The summed E-state index contributed by atoms with van der Waals surface area (Å²) in [5.74, 6) is 1.37. The molecule has 0 bridgehead atoms. The van der Waals surface area contributed by atoms with Crippen LogP contribution in [-0.4, -0.2) is 66.7 Å². The fraction of sp³-hybridized carbons (Fsp3) is 0.524. The minimum atomic E-state index is 0.0969. The zero-order valence-corrected chi connectivity index (χ0v) is 16.9. The van der Waals surface area contributed by atoms with Gasteiger partial charge in [-0.15, -0.1) is 11.3 Å². The van der Waals surface area contributed by atoms with E-state index in [-0.39, 0.29) is 5.91 Å². The number of rotatable bonds is 6. The first-order chi connectivity index (χ1) is 13.8. The molecule has 2 fully saturated rings. The fourth-order valence-electron chi connectivity index (χ4n) is 3.79. The molecule has 1 aromatic carbocycles. The molecule has 7 heteroatoms. The first-order valence-electron chi connectivity index (χ1n) is 9.97. The molecule has 1 amide bonds. The molecule has 150 valence electrons. The number of ether oxygens (including phenoxy) is 2. The molecule has 2 aliphatic heterocycles. The Morgan fingerprint density at radius 1 is 1.21 bits per heavy atom. The van der Waals surface area contributed by atoms with E-state index in [2.05, 4.69) is 34.1 Å². The first-order valence-corrected chi connectivity index (χ1v) is 10.9. The second-order valence-corrected chi connectivity index (χ2v) is 8.35. The van der Waals surface area contributed by atoms with Gasteiger partial charge in [0.05, 0.1) is 31.5 Å². The number of benzene rings is 1. The van der Waals surface area contributed by atoms with Crippen molar-refractivity contribution < 1.29 is 14.3 Å². The van der Waals surface area contributed by atoms with E-state index >= 15 is 0 Å². The van der Waals surface area contributed by atoms with Crippen molar-refractivity contribution in [2.75, 3.05) is 46.0 Å². The van der Waals surface area contributed by atoms with Gasteiger partial charge >= 0.3 is 0 Å². The van der Waals surface area contributed by atoms with Crippen LogP contribution in [0.1, 0.15) is 28.1 Å². The van der Waals surface area contributed by atoms with Gasteiger partial charge in [0.15, 0.2) is 0 Å². The highest BCUT2D eigenvalue weighted by Crippen LogP contribution is 2.22. The van der Waals surface area contributed by atoms with E-state index in [0.717, 1.165) is 69.4 Å². The average Bonchev–Trinajstić information content (AvgIpc) is 3.29. The molecular formula is C21H27N3O3S. The van der Waals surface area contributed by atoms with Crippen LogP contribution >= 0.6 is 11.3 Å². The highest BCUT2D eigenvalue weighted by molar-refractivity contribution is 7.11. The summed E-state index contributed by atoms with van der Waals surface area (Å²) in [7, 11) is 0. The number of nitrogens with zero attached hydrogens (tertiary/aromatic N) is 3. The van der Waals surface area contributed by atoms with E-state index < -0.39 is 0 Å². The number of piperidine rings is 1. The van der Waals surface area contributed by atoms with Gasteiger partial charge in [0, 0.05) is 38.6 Å².